The highest BCUT2D eigenvalue weighted by molar-refractivity contribution is 7.22. The number of hydrogen-bond acceptors (Lipinski definition) is 7. The van der Waals surface area contributed by atoms with E-state index in [0.717, 1.165) is 27.5 Å². The van der Waals surface area contributed by atoms with Crippen molar-refractivity contribution in [3.63, 3.8) is 0 Å². The summed E-state index contributed by atoms with van der Waals surface area (Å²) in [5, 5.41) is 2.92. The van der Waals surface area contributed by atoms with E-state index in [0.29, 0.717) is 26.2 Å². The molecular formula is C21H21F2N5O3S. The summed E-state index contributed by atoms with van der Waals surface area (Å²) in [7, 11) is 0. The topological polar surface area (TPSA) is 101 Å². The van der Waals surface area contributed by atoms with Crippen LogP contribution in [0.5, 0.6) is 0 Å². The van der Waals surface area contributed by atoms with Crippen LogP contribution in [-0.2, 0) is 9.53 Å². The Morgan fingerprint density at radius 3 is 2.50 bits per heavy atom. The van der Waals surface area contributed by atoms with Gasteiger partial charge in [-0.2, -0.15) is 0 Å². The maximum atomic E-state index is 13.7. The maximum Gasteiger partial charge on any atom is 0.411 e. The van der Waals surface area contributed by atoms with Crippen LogP contribution >= 0.6 is 11.3 Å². The number of halogens is 2. The van der Waals surface area contributed by atoms with Crippen molar-refractivity contribution in [1.29, 1.82) is 0 Å². The summed E-state index contributed by atoms with van der Waals surface area (Å²) in [4.78, 5) is 32.7. The number of thiazole rings is 1. The van der Waals surface area contributed by atoms with E-state index < -0.39 is 23.4 Å². The van der Waals surface area contributed by atoms with Crippen LogP contribution in [-0.4, -0.2) is 54.7 Å². The van der Waals surface area contributed by atoms with Crippen molar-refractivity contribution in [2.75, 3.05) is 48.7 Å². The Kier molecular flexibility index (Phi) is 6.35. The first-order valence-corrected chi connectivity index (χ1v) is 10.8. The molecule has 11 heteroatoms. The lowest BCUT2D eigenvalue weighted by atomic mass is 10.2. The monoisotopic (exact) mass is 461 g/mol. The highest BCUT2D eigenvalue weighted by Crippen LogP contribution is 2.29. The number of carbonyl (C=O) groups excluding carboxylic acids is 2. The van der Waals surface area contributed by atoms with Crippen molar-refractivity contribution in [1.82, 2.24) is 9.88 Å². The van der Waals surface area contributed by atoms with Crippen LogP contribution in [0.15, 0.2) is 36.4 Å². The number of piperazine rings is 1. The first kappa shape index (κ1) is 21.8. The molecule has 0 bridgehead atoms. The molecule has 0 atom stereocenters. The minimum atomic E-state index is -1.05. The second-order valence-electron chi connectivity index (χ2n) is 7.20. The number of aromatic nitrogens is 1. The molecule has 2 heterocycles. The zero-order chi connectivity index (χ0) is 22.7. The quantitative estimate of drug-likeness (QED) is 0.565. The molecule has 0 unspecified atom stereocenters. The number of benzene rings is 2. The van der Waals surface area contributed by atoms with Crippen molar-refractivity contribution in [2.24, 2.45) is 0 Å². The molecule has 1 saturated heterocycles. The highest BCUT2D eigenvalue weighted by Gasteiger charge is 2.23. The lowest BCUT2D eigenvalue weighted by molar-refractivity contribution is -0.132. The first-order chi connectivity index (χ1) is 15.4. The number of nitrogens with zero attached hydrogens (tertiary/aromatic N) is 3. The average molecular weight is 461 g/mol. The SMILES string of the molecule is Nc1cc(F)c(NC(=O)OCCC(=O)N2CCN(c3nc4ccccc4s3)CC2)c(F)c1. The highest BCUT2D eigenvalue weighted by atomic mass is 32.1. The Morgan fingerprint density at radius 2 is 1.81 bits per heavy atom. The molecule has 1 fully saturated rings. The van der Waals surface area contributed by atoms with Crippen molar-refractivity contribution in [3.8, 4) is 0 Å². The molecule has 3 N–H and O–H groups in total. The number of nitrogens with two attached hydrogens (primary N) is 1. The third-order valence-electron chi connectivity index (χ3n) is 5.03. The molecule has 8 nitrogen and oxygen atoms in total. The van der Waals surface area contributed by atoms with Crippen LogP contribution in [0.1, 0.15) is 6.42 Å². The van der Waals surface area contributed by atoms with E-state index in [4.69, 9.17) is 10.5 Å². The van der Waals surface area contributed by atoms with Gasteiger partial charge in [0.2, 0.25) is 5.91 Å². The summed E-state index contributed by atoms with van der Waals surface area (Å²) in [6.45, 7) is 2.16. The number of amides is 2. The molecule has 2 aromatic carbocycles. The maximum absolute atomic E-state index is 13.7. The number of rotatable bonds is 5. The van der Waals surface area contributed by atoms with Crippen LogP contribution in [0.25, 0.3) is 10.2 Å². The smallest absolute Gasteiger partial charge is 0.411 e. The van der Waals surface area contributed by atoms with Crippen LogP contribution < -0.4 is 16.0 Å². The van der Waals surface area contributed by atoms with Gasteiger partial charge in [-0.25, -0.2) is 18.6 Å². The Balaban J connectivity index is 1.22. The van der Waals surface area contributed by atoms with Crippen molar-refractivity contribution in [3.05, 3.63) is 48.0 Å². The average Bonchev–Trinajstić information content (AvgIpc) is 3.20. The molecule has 32 heavy (non-hydrogen) atoms. The standard InChI is InChI=1S/C21H21F2N5O3S/c22-14-11-13(24)12-15(23)19(14)26-21(30)31-10-5-18(29)27-6-8-28(9-7-27)20-25-16-3-1-2-4-17(16)32-20/h1-4,11-12H,5-10,24H2,(H,26,30). The van der Waals surface area contributed by atoms with Crippen molar-refractivity contribution in [2.45, 2.75) is 6.42 Å². The summed E-state index contributed by atoms with van der Waals surface area (Å²) in [6, 6.07) is 9.70. The predicted molar refractivity (Wildman–Crippen MR) is 119 cm³/mol. The fourth-order valence-corrected chi connectivity index (χ4v) is 4.40. The summed E-state index contributed by atoms with van der Waals surface area (Å²) in [5.41, 5.74) is 5.53. The van der Waals surface area contributed by atoms with E-state index in [1.54, 1.807) is 16.2 Å². The van der Waals surface area contributed by atoms with Gasteiger partial charge < -0.3 is 20.3 Å². The van der Waals surface area contributed by atoms with Crippen molar-refractivity contribution >= 4 is 50.1 Å². The number of nitrogens with one attached hydrogen (secondary N) is 1. The second kappa shape index (κ2) is 9.35. The van der Waals surface area contributed by atoms with Crippen LogP contribution in [0.2, 0.25) is 0 Å². The van der Waals surface area contributed by atoms with Crippen LogP contribution in [0.4, 0.5) is 30.1 Å². The second-order valence-corrected chi connectivity index (χ2v) is 8.21. The van der Waals surface area contributed by atoms with Crippen LogP contribution in [0.3, 0.4) is 0 Å². The molecule has 1 aliphatic rings. The molecule has 168 valence electrons. The molecule has 2 amide bonds. The number of hydrogen-bond donors (Lipinski definition) is 2. The van der Waals surface area contributed by atoms with E-state index in [9.17, 15) is 18.4 Å². The van der Waals surface area contributed by atoms with Gasteiger partial charge in [0.15, 0.2) is 16.8 Å². The normalized spacial score (nSPS) is 13.9. The summed E-state index contributed by atoms with van der Waals surface area (Å²) < 4.78 is 33.5. The number of para-hydroxylation sites is 1. The first-order valence-electron chi connectivity index (χ1n) is 9.97. The molecular weight excluding hydrogens is 440 g/mol. The Bertz CT molecular complexity index is 1090. The minimum absolute atomic E-state index is 0.0265. The molecule has 0 radical (unpaired) electrons. The van der Waals surface area contributed by atoms with Gasteiger partial charge in [0, 0.05) is 31.9 Å². The number of nitrogen functional groups attached to an aromatic ring is 1. The van der Waals surface area contributed by atoms with E-state index in [1.165, 1.54) is 0 Å². The lowest BCUT2D eigenvalue weighted by Gasteiger charge is -2.34. The van der Waals surface area contributed by atoms with E-state index in [2.05, 4.69) is 9.88 Å². The molecule has 1 aliphatic heterocycles. The van der Waals surface area contributed by atoms with Gasteiger partial charge in [0.25, 0.3) is 0 Å². The van der Waals surface area contributed by atoms with Gasteiger partial charge in [-0.1, -0.05) is 23.5 Å². The van der Waals surface area contributed by atoms with E-state index in [-0.39, 0.29) is 24.6 Å². The fourth-order valence-electron chi connectivity index (χ4n) is 3.38. The zero-order valence-electron chi connectivity index (χ0n) is 17.0. The largest absolute Gasteiger partial charge is 0.449 e. The van der Waals surface area contributed by atoms with Gasteiger partial charge in [-0.3, -0.25) is 10.1 Å². The van der Waals surface area contributed by atoms with Gasteiger partial charge in [0.1, 0.15) is 12.3 Å². The summed E-state index contributed by atoms with van der Waals surface area (Å²) >= 11 is 1.62. The molecule has 0 spiro atoms. The Morgan fingerprint density at radius 1 is 1.12 bits per heavy atom. The van der Waals surface area contributed by atoms with Crippen molar-refractivity contribution < 1.29 is 23.1 Å². The summed E-state index contributed by atoms with van der Waals surface area (Å²) in [6.07, 6.45) is -1.08. The lowest BCUT2D eigenvalue weighted by Crippen LogP contribution is -2.49. The van der Waals surface area contributed by atoms with Gasteiger partial charge in [0.05, 0.1) is 16.6 Å². The molecule has 4 rings (SSSR count). The van der Waals surface area contributed by atoms with Gasteiger partial charge >= 0.3 is 6.09 Å². The third kappa shape index (κ3) is 4.88. The van der Waals surface area contributed by atoms with Gasteiger partial charge in [-0.05, 0) is 24.3 Å². The third-order valence-corrected chi connectivity index (χ3v) is 6.12. The van der Waals surface area contributed by atoms with Gasteiger partial charge in [-0.15, -0.1) is 0 Å². The Hall–Kier alpha value is -3.47. The number of anilines is 3. The fraction of sp³-hybridized carbons (Fsp3) is 0.286. The molecule has 3 aromatic rings. The molecule has 0 saturated carbocycles. The number of ether oxygens (including phenoxy) is 1. The molecule has 0 aliphatic carbocycles. The minimum Gasteiger partial charge on any atom is -0.449 e. The van der Waals surface area contributed by atoms with E-state index >= 15 is 0 Å². The predicted octanol–water partition coefficient (Wildman–Crippen LogP) is 3.44. The van der Waals surface area contributed by atoms with Crippen LogP contribution in [0, 0.1) is 11.6 Å². The Labute approximate surface area is 186 Å². The number of fused-ring (bicyclic) bond motifs is 1. The summed E-state index contributed by atoms with van der Waals surface area (Å²) in [5.74, 6) is -2.19. The zero-order valence-corrected chi connectivity index (χ0v) is 17.8. The number of carbonyl (C=O) groups is 2. The molecule has 1 aromatic heterocycles. The van der Waals surface area contributed by atoms with E-state index in [1.807, 2.05) is 29.6 Å².